The maximum absolute atomic E-state index is 11.1. The third-order valence-electron chi connectivity index (χ3n) is 3.01. The van der Waals surface area contributed by atoms with Crippen LogP contribution in [0.4, 0.5) is 11.4 Å². The first kappa shape index (κ1) is 13.8. The van der Waals surface area contributed by atoms with Gasteiger partial charge in [0.1, 0.15) is 0 Å². The maximum atomic E-state index is 11.1. The van der Waals surface area contributed by atoms with Crippen LogP contribution in [0.1, 0.15) is 13.3 Å². The average molecular weight is 277 g/mol. The molecule has 2 aromatic rings. The van der Waals surface area contributed by atoms with Gasteiger partial charge in [0.2, 0.25) is 0 Å². The van der Waals surface area contributed by atoms with Crippen LogP contribution in [-0.4, -0.2) is 27.2 Å². The highest BCUT2D eigenvalue weighted by molar-refractivity contribution is 7.84. The van der Waals surface area contributed by atoms with Gasteiger partial charge in [-0.05, 0) is 37.6 Å². The van der Waals surface area contributed by atoms with Crippen molar-refractivity contribution < 1.29 is 4.21 Å². The molecule has 102 valence electrons. The van der Waals surface area contributed by atoms with Crippen LogP contribution in [0.3, 0.4) is 0 Å². The van der Waals surface area contributed by atoms with Gasteiger partial charge in [0.15, 0.2) is 0 Å². The molecule has 4 nitrogen and oxygen atoms in total. The highest BCUT2D eigenvalue weighted by atomic mass is 32.2. The van der Waals surface area contributed by atoms with E-state index in [4.69, 9.17) is 5.73 Å². The number of nitrogens with zero attached hydrogens (tertiary/aromatic N) is 1. The molecule has 1 aromatic heterocycles. The number of nitrogen functional groups attached to an aromatic ring is 1. The van der Waals surface area contributed by atoms with Gasteiger partial charge in [-0.1, -0.05) is 0 Å². The fourth-order valence-electron chi connectivity index (χ4n) is 1.97. The molecule has 1 aromatic carbocycles. The normalized spacial score (nSPS) is 14.2. The van der Waals surface area contributed by atoms with Gasteiger partial charge in [-0.3, -0.25) is 9.19 Å². The van der Waals surface area contributed by atoms with Gasteiger partial charge in [0.25, 0.3) is 0 Å². The van der Waals surface area contributed by atoms with E-state index in [1.165, 1.54) is 0 Å². The van der Waals surface area contributed by atoms with E-state index in [-0.39, 0.29) is 6.04 Å². The minimum Gasteiger partial charge on any atom is -0.399 e. The Morgan fingerprint density at radius 2 is 2.21 bits per heavy atom. The van der Waals surface area contributed by atoms with E-state index < -0.39 is 10.8 Å². The monoisotopic (exact) mass is 277 g/mol. The molecule has 1 heterocycles. The summed E-state index contributed by atoms with van der Waals surface area (Å²) in [6.45, 7) is 2.09. The summed E-state index contributed by atoms with van der Waals surface area (Å²) in [4.78, 5) is 4.32. The zero-order valence-electron chi connectivity index (χ0n) is 11.2. The van der Waals surface area contributed by atoms with Crippen LogP contribution in [0.15, 0.2) is 30.5 Å². The molecule has 0 saturated heterocycles. The quantitative estimate of drug-likeness (QED) is 0.823. The Balaban J connectivity index is 2.18. The Kier molecular flexibility index (Phi) is 4.37. The molecule has 2 unspecified atom stereocenters. The van der Waals surface area contributed by atoms with Crippen LogP contribution in [-0.2, 0) is 10.8 Å². The number of nitrogens with two attached hydrogens (primary N) is 1. The minimum absolute atomic E-state index is 0.270. The SMILES string of the molecule is CC(CCS(C)=O)Nc1ccnc2cc(N)ccc12. The number of anilines is 2. The van der Waals surface area contributed by atoms with Crippen LogP contribution >= 0.6 is 0 Å². The molecular weight excluding hydrogens is 258 g/mol. The third-order valence-corrected chi connectivity index (χ3v) is 3.82. The molecule has 5 heteroatoms. The van der Waals surface area contributed by atoms with Gasteiger partial charge in [-0.2, -0.15) is 0 Å². The summed E-state index contributed by atoms with van der Waals surface area (Å²) in [5.41, 5.74) is 8.40. The van der Waals surface area contributed by atoms with E-state index in [9.17, 15) is 4.21 Å². The molecule has 0 aliphatic carbocycles. The average Bonchev–Trinajstić information content (AvgIpc) is 2.36. The predicted molar refractivity (Wildman–Crippen MR) is 82.8 cm³/mol. The standard InChI is InChI=1S/C14H19N3OS/c1-10(6-8-19(2)18)17-13-5-7-16-14-9-11(15)3-4-12(13)14/h3-5,7,9-10H,6,8,15H2,1-2H3,(H,16,17). The Morgan fingerprint density at radius 3 is 2.95 bits per heavy atom. The molecule has 0 saturated carbocycles. The lowest BCUT2D eigenvalue weighted by atomic mass is 10.1. The summed E-state index contributed by atoms with van der Waals surface area (Å²) < 4.78 is 11.1. The number of hydrogen-bond donors (Lipinski definition) is 2. The van der Waals surface area contributed by atoms with Crippen molar-refractivity contribution in [3.05, 3.63) is 30.5 Å². The van der Waals surface area contributed by atoms with Crippen molar-refractivity contribution in [3.63, 3.8) is 0 Å². The van der Waals surface area contributed by atoms with Gasteiger partial charge in [0, 0.05) is 51.8 Å². The van der Waals surface area contributed by atoms with Gasteiger partial charge < -0.3 is 11.1 Å². The number of nitrogens with one attached hydrogen (secondary N) is 1. The summed E-state index contributed by atoms with van der Waals surface area (Å²) in [6, 6.07) is 7.95. The molecule has 0 radical (unpaired) electrons. The minimum atomic E-state index is -0.743. The second-order valence-electron chi connectivity index (χ2n) is 4.75. The molecule has 0 amide bonds. The van der Waals surface area contributed by atoms with E-state index in [1.54, 1.807) is 12.5 Å². The lowest BCUT2D eigenvalue weighted by Gasteiger charge is -2.16. The molecule has 0 aliphatic heterocycles. The van der Waals surface area contributed by atoms with Crippen LogP contribution in [0.5, 0.6) is 0 Å². The lowest BCUT2D eigenvalue weighted by molar-refractivity contribution is 0.678. The van der Waals surface area contributed by atoms with Crippen molar-refractivity contribution in [2.24, 2.45) is 0 Å². The van der Waals surface area contributed by atoms with Crippen LogP contribution in [0.2, 0.25) is 0 Å². The summed E-state index contributed by atoms with van der Waals surface area (Å²) >= 11 is 0. The molecule has 0 aliphatic rings. The second kappa shape index (κ2) is 6.02. The van der Waals surface area contributed by atoms with Crippen LogP contribution in [0, 0.1) is 0 Å². The molecule has 3 N–H and O–H groups in total. The van der Waals surface area contributed by atoms with Gasteiger partial charge in [-0.15, -0.1) is 0 Å². The van der Waals surface area contributed by atoms with E-state index in [0.29, 0.717) is 11.4 Å². The van der Waals surface area contributed by atoms with Crippen molar-refractivity contribution in [2.45, 2.75) is 19.4 Å². The summed E-state index contributed by atoms with van der Waals surface area (Å²) in [5, 5.41) is 4.50. The number of fused-ring (bicyclic) bond motifs is 1. The van der Waals surface area contributed by atoms with E-state index >= 15 is 0 Å². The molecule has 0 spiro atoms. The molecule has 2 atom stereocenters. The van der Waals surface area contributed by atoms with Crippen molar-refractivity contribution >= 4 is 33.1 Å². The summed E-state index contributed by atoms with van der Waals surface area (Å²) in [7, 11) is -0.743. The Bertz CT molecular complexity index is 600. The Morgan fingerprint density at radius 1 is 1.42 bits per heavy atom. The van der Waals surface area contributed by atoms with Gasteiger partial charge in [0.05, 0.1) is 5.52 Å². The number of hydrogen-bond acceptors (Lipinski definition) is 4. The van der Waals surface area contributed by atoms with Gasteiger partial charge >= 0.3 is 0 Å². The first-order chi connectivity index (χ1) is 9.06. The molecule has 0 fully saturated rings. The number of aromatic nitrogens is 1. The lowest BCUT2D eigenvalue weighted by Crippen LogP contribution is -2.18. The first-order valence-corrected chi connectivity index (χ1v) is 8.00. The molecular formula is C14H19N3OS. The molecule has 19 heavy (non-hydrogen) atoms. The first-order valence-electron chi connectivity index (χ1n) is 6.27. The van der Waals surface area contributed by atoms with E-state index in [2.05, 4.69) is 17.2 Å². The van der Waals surface area contributed by atoms with Crippen molar-refractivity contribution in [2.75, 3.05) is 23.1 Å². The van der Waals surface area contributed by atoms with Crippen molar-refractivity contribution in [1.82, 2.24) is 4.98 Å². The predicted octanol–water partition coefficient (Wildman–Crippen LogP) is 2.39. The highest BCUT2D eigenvalue weighted by Crippen LogP contribution is 2.24. The zero-order chi connectivity index (χ0) is 13.8. The molecule has 0 bridgehead atoms. The Labute approximate surface area is 115 Å². The van der Waals surface area contributed by atoms with Crippen molar-refractivity contribution in [1.29, 1.82) is 0 Å². The fourth-order valence-corrected chi connectivity index (χ4v) is 2.66. The Hall–Kier alpha value is -1.62. The van der Waals surface area contributed by atoms with Crippen molar-refractivity contribution in [3.8, 4) is 0 Å². The molecule has 2 rings (SSSR count). The number of rotatable bonds is 5. The van der Waals surface area contributed by atoms with Gasteiger partial charge in [-0.25, -0.2) is 0 Å². The smallest absolute Gasteiger partial charge is 0.0743 e. The highest BCUT2D eigenvalue weighted by Gasteiger charge is 2.07. The summed E-state index contributed by atoms with van der Waals surface area (Å²) in [6.07, 6.45) is 4.38. The second-order valence-corrected chi connectivity index (χ2v) is 6.30. The third kappa shape index (κ3) is 3.67. The maximum Gasteiger partial charge on any atom is 0.0743 e. The van der Waals surface area contributed by atoms with Crippen LogP contribution < -0.4 is 11.1 Å². The number of pyridine rings is 1. The number of benzene rings is 1. The van der Waals surface area contributed by atoms with E-state index in [0.717, 1.165) is 23.0 Å². The summed E-state index contributed by atoms with van der Waals surface area (Å²) in [5.74, 6) is 0.712. The topological polar surface area (TPSA) is 68.0 Å². The fraction of sp³-hybridized carbons (Fsp3) is 0.357. The van der Waals surface area contributed by atoms with Crippen LogP contribution in [0.25, 0.3) is 10.9 Å². The van der Waals surface area contributed by atoms with E-state index in [1.807, 2.05) is 24.3 Å². The zero-order valence-corrected chi connectivity index (χ0v) is 12.0. The largest absolute Gasteiger partial charge is 0.399 e.